The predicted octanol–water partition coefficient (Wildman–Crippen LogP) is 3.45. The quantitative estimate of drug-likeness (QED) is 0.808. The Morgan fingerprint density at radius 3 is 2.09 bits per heavy atom. The molecule has 4 N–H and O–H groups in total. The number of primary amides is 1. The number of para-hydroxylation sites is 1. The van der Waals surface area contributed by atoms with Crippen LogP contribution in [0.1, 0.15) is 15.9 Å². The molecule has 2 rings (SSSR count). The topological polar surface area (TPSA) is 84.2 Å². The fourth-order valence-corrected chi connectivity index (χ4v) is 1.84. The maximum atomic E-state index is 12.8. The van der Waals surface area contributed by atoms with Crippen LogP contribution in [0, 0.1) is 0 Å². The minimum atomic E-state index is -4.58. The fraction of sp³-hybridized carbons (Fsp3) is 0.0667. The van der Waals surface area contributed by atoms with Gasteiger partial charge in [0.2, 0.25) is 5.91 Å². The summed E-state index contributed by atoms with van der Waals surface area (Å²) >= 11 is 0. The molecule has 0 atom stereocenters. The third kappa shape index (κ3) is 4.22. The number of alkyl halides is 3. The molecule has 8 heteroatoms. The predicted molar refractivity (Wildman–Crippen MR) is 79.0 cm³/mol. The third-order valence-electron chi connectivity index (χ3n) is 2.91. The van der Waals surface area contributed by atoms with Gasteiger partial charge in [0.1, 0.15) is 0 Å². The van der Waals surface area contributed by atoms with E-state index in [9.17, 15) is 22.8 Å². The van der Waals surface area contributed by atoms with Crippen LogP contribution in [0.4, 0.5) is 29.3 Å². The molecule has 3 amide bonds. The summed E-state index contributed by atoms with van der Waals surface area (Å²) in [7, 11) is 0. The summed E-state index contributed by atoms with van der Waals surface area (Å²) in [6.45, 7) is 0. The Morgan fingerprint density at radius 1 is 0.913 bits per heavy atom. The van der Waals surface area contributed by atoms with Gasteiger partial charge >= 0.3 is 12.2 Å². The summed E-state index contributed by atoms with van der Waals surface area (Å²) in [4.78, 5) is 22.7. The number of benzene rings is 2. The van der Waals surface area contributed by atoms with Crippen LogP contribution in [-0.4, -0.2) is 11.9 Å². The van der Waals surface area contributed by atoms with Gasteiger partial charge < -0.3 is 16.4 Å². The fourth-order valence-electron chi connectivity index (χ4n) is 1.84. The second kappa shape index (κ2) is 6.39. The van der Waals surface area contributed by atoms with Crippen molar-refractivity contribution >= 4 is 23.3 Å². The smallest absolute Gasteiger partial charge is 0.366 e. The number of hydrogen-bond donors (Lipinski definition) is 3. The number of amides is 3. The van der Waals surface area contributed by atoms with E-state index in [1.54, 1.807) is 0 Å². The summed E-state index contributed by atoms with van der Waals surface area (Å²) in [6, 6.07) is 9.40. The number of rotatable bonds is 3. The molecule has 0 radical (unpaired) electrons. The Morgan fingerprint density at radius 2 is 1.52 bits per heavy atom. The number of urea groups is 1. The average Bonchev–Trinajstić information content (AvgIpc) is 2.47. The second-order valence-electron chi connectivity index (χ2n) is 4.56. The van der Waals surface area contributed by atoms with Gasteiger partial charge in [0.15, 0.2) is 0 Å². The van der Waals surface area contributed by atoms with Crippen molar-refractivity contribution in [3.05, 3.63) is 59.7 Å². The Balaban J connectivity index is 2.10. The van der Waals surface area contributed by atoms with Crippen LogP contribution in [0.2, 0.25) is 0 Å². The molecule has 5 nitrogen and oxygen atoms in total. The maximum Gasteiger partial charge on any atom is 0.418 e. The molecule has 0 bridgehead atoms. The molecule has 120 valence electrons. The van der Waals surface area contributed by atoms with E-state index in [2.05, 4.69) is 10.6 Å². The summed E-state index contributed by atoms with van der Waals surface area (Å²) in [5, 5.41) is 4.51. The molecule has 0 fully saturated rings. The van der Waals surface area contributed by atoms with E-state index in [0.29, 0.717) is 5.69 Å². The third-order valence-corrected chi connectivity index (χ3v) is 2.91. The molecule has 23 heavy (non-hydrogen) atoms. The van der Waals surface area contributed by atoms with Crippen molar-refractivity contribution in [2.45, 2.75) is 6.18 Å². The van der Waals surface area contributed by atoms with Gasteiger partial charge in [-0.25, -0.2) is 4.79 Å². The van der Waals surface area contributed by atoms with Crippen molar-refractivity contribution in [3.8, 4) is 0 Å². The van der Waals surface area contributed by atoms with E-state index in [0.717, 1.165) is 12.1 Å². The van der Waals surface area contributed by atoms with Crippen molar-refractivity contribution in [3.63, 3.8) is 0 Å². The van der Waals surface area contributed by atoms with Crippen molar-refractivity contribution in [1.82, 2.24) is 0 Å². The molecule has 0 aliphatic rings. The van der Waals surface area contributed by atoms with Crippen LogP contribution in [0.15, 0.2) is 48.5 Å². The second-order valence-corrected chi connectivity index (χ2v) is 4.56. The highest BCUT2D eigenvalue weighted by Crippen LogP contribution is 2.34. The molecule has 0 saturated heterocycles. The largest absolute Gasteiger partial charge is 0.418 e. The highest BCUT2D eigenvalue weighted by molar-refractivity contribution is 6.00. The number of anilines is 2. The standard InChI is InChI=1S/C15H12F3N3O2/c16-15(17,18)11-3-1-2-4-12(11)21-14(23)20-10-7-5-9(6-8-10)13(19)22/h1-8H,(H2,19,22)(H2,20,21,23). The van der Waals surface area contributed by atoms with Crippen LogP contribution in [0.5, 0.6) is 0 Å². The molecular formula is C15H12F3N3O2. The minimum absolute atomic E-state index is 0.248. The minimum Gasteiger partial charge on any atom is -0.366 e. The van der Waals surface area contributed by atoms with Crippen LogP contribution in [-0.2, 0) is 6.18 Å². The van der Waals surface area contributed by atoms with Crippen LogP contribution in [0.25, 0.3) is 0 Å². The lowest BCUT2D eigenvalue weighted by Gasteiger charge is -2.14. The molecule has 0 unspecified atom stereocenters. The summed E-state index contributed by atoms with van der Waals surface area (Å²) in [5.41, 5.74) is 4.33. The lowest BCUT2D eigenvalue weighted by atomic mass is 10.1. The lowest BCUT2D eigenvalue weighted by molar-refractivity contribution is -0.136. The number of hydrogen-bond acceptors (Lipinski definition) is 2. The van der Waals surface area contributed by atoms with Crippen LogP contribution in [0.3, 0.4) is 0 Å². The van der Waals surface area contributed by atoms with Crippen molar-refractivity contribution in [2.75, 3.05) is 10.6 Å². The highest BCUT2D eigenvalue weighted by atomic mass is 19.4. The Kier molecular flexibility index (Phi) is 4.54. The first-order chi connectivity index (χ1) is 10.8. The van der Waals surface area contributed by atoms with Gasteiger partial charge in [-0.15, -0.1) is 0 Å². The summed E-state index contributed by atoms with van der Waals surface area (Å²) in [6.07, 6.45) is -4.58. The molecule has 0 spiro atoms. The summed E-state index contributed by atoms with van der Waals surface area (Å²) < 4.78 is 38.5. The van der Waals surface area contributed by atoms with E-state index in [1.807, 2.05) is 0 Å². The zero-order valence-electron chi connectivity index (χ0n) is 11.6. The zero-order chi connectivity index (χ0) is 17.0. The average molecular weight is 323 g/mol. The first-order valence-electron chi connectivity index (χ1n) is 6.41. The van der Waals surface area contributed by atoms with Crippen molar-refractivity contribution < 1.29 is 22.8 Å². The SMILES string of the molecule is NC(=O)c1ccc(NC(=O)Nc2ccccc2C(F)(F)F)cc1. The Hall–Kier alpha value is -3.03. The van der Waals surface area contributed by atoms with E-state index >= 15 is 0 Å². The van der Waals surface area contributed by atoms with Gasteiger partial charge in [0.25, 0.3) is 0 Å². The summed E-state index contributed by atoms with van der Waals surface area (Å²) in [5.74, 6) is -0.625. The van der Waals surface area contributed by atoms with Crippen LogP contribution >= 0.6 is 0 Å². The van der Waals surface area contributed by atoms with E-state index in [4.69, 9.17) is 5.73 Å². The molecule has 0 heterocycles. The van der Waals surface area contributed by atoms with Gasteiger partial charge in [-0.1, -0.05) is 12.1 Å². The highest BCUT2D eigenvalue weighted by Gasteiger charge is 2.33. The molecule has 0 aliphatic carbocycles. The zero-order valence-corrected chi connectivity index (χ0v) is 11.6. The van der Waals surface area contributed by atoms with Gasteiger partial charge in [0.05, 0.1) is 11.3 Å². The molecule has 2 aromatic carbocycles. The normalized spacial score (nSPS) is 10.9. The van der Waals surface area contributed by atoms with Crippen LogP contribution < -0.4 is 16.4 Å². The monoisotopic (exact) mass is 323 g/mol. The Bertz CT molecular complexity index is 727. The van der Waals surface area contributed by atoms with Crippen molar-refractivity contribution in [1.29, 1.82) is 0 Å². The van der Waals surface area contributed by atoms with Gasteiger partial charge in [-0.2, -0.15) is 13.2 Å². The van der Waals surface area contributed by atoms with E-state index < -0.39 is 23.7 Å². The molecule has 0 aromatic heterocycles. The number of halogens is 3. The first-order valence-corrected chi connectivity index (χ1v) is 6.41. The van der Waals surface area contributed by atoms with Gasteiger partial charge in [0, 0.05) is 11.3 Å². The number of carbonyl (C=O) groups is 2. The van der Waals surface area contributed by atoms with Gasteiger partial charge in [-0.3, -0.25) is 4.79 Å². The molecule has 2 aromatic rings. The van der Waals surface area contributed by atoms with Crippen molar-refractivity contribution in [2.24, 2.45) is 5.73 Å². The first kappa shape index (κ1) is 16.3. The number of carbonyl (C=O) groups excluding carboxylic acids is 2. The molecule has 0 saturated carbocycles. The lowest BCUT2D eigenvalue weighted by Crippen LogP contribution is -2.22. The van der Waals surface area contributed by atoms with Gasteiger partial charge in [-0.05, 0) is 36.4 Å². The number of nitrogens with two attached hydrogens (primary N) is 1. The molecular weight excluding hydrogens is 311 g/mol. The van der Waals surface area contributed by atoms with E-state index in [1.165, 1.54) is 36.4 Å². The maximum absolute atomic E-state index is 12.8. The number of nitrogens with one attached hydrogen (secondary N) is 2. The molecule has 0 aliphatic heterocycles. The van der Waals surface area contributed by atoms with E-state index in [-0.39, 0.29) is 11.3 Å². The Labute approximate surface area is 129 Å².